The zero-order chi connectivity index (χ0) is 17.2. The van der Waals surface area contributed by atoms with Crippen LogP contribution in [-0.2, 0) is 9.53 Å². The second kappa shape index (κ2) is 7.41. The Morgan fingerprint density at radius 3 is 2.92 bits per heavy atom. The average Bonchev–Trinajstić information content (AvgIpc) is 3.08. The summed E-state index contributed by atoms with van der Waals surface area (Å²) < 4.78 is 11.2. The van der Waals surface area contributed by atoms with Crippen LogP contribution in [0.4, 0.5) is 0 Å². The van der Waals surface area contributed by atoms with Crippen LogP contribution in [0.2, 0.25) is 0 Å². The number of piperidine rings is 1. The van der Waals surface area contributed by atoms with Crippen molar-refractivity contribution in [1.82, 2.24) is 19.9 Å². The molecule has 3 heterocycles. The summed E-state index contributed by atoms with van der Waals surface area (Å²) in [6.45, 7) is 5.54. The van der Waals surface area contributed by atoms with E-state index < -0.39 is 0 Å². The number of carbonyl (C=O) groups excluding carboxylic acids is 1. The quantitative estimate of drug-likeness (QED) is 0.828. The Morgan fingerprint density at radius 2 is 2.08 bits per heavy atom. The van der Waals surface area contributed by atoms with Crippen LogP contribution in [0.1, 0.15) is 56.2 Å². The third-order valence-corrected chi connectivity index (χ3v) is 5.81. The summed E-state index contributed by atoms with van der Waals surface area (Å²) in [4.78, 5) is 21.7. The van der Waals surface area contributed by atoms with Crippen LogP contribution in [0.25, 0.3) is 0 Å². The number of likely N-dealkylation sites (tertiary alicyclic amines) is 1. The summed E-state index contributed by atoms with van der Waals surface area (Å²) in [5, 5.41) is 3.90. The highest BCUT2D eigenvalue weighted by molar-refractivity contribution is 5.78. The maximum Gasteiger partial charge on any atom is 0.237 e. The van der Waals surface area contributed by atoms with Gasteiger partial charge < -0.3 is 14.2 Å². The van der Waals surface area contributed by atoms with E-state index in [1.54, 1.807) is 0 Å². The highest BCUT2D eigenvalue weighted by Gasteiger charge is 2.37. The minimum atomic E-state index is 0.245. The molecule has 1 aromatic rings. The van der Waals surface area contributed by atoms with Gasteiger partial charge in [0.25, 0.3) is 0 Å². The van der Waals surface area contributed by atoms with Crippen molar-refractivity contribution in [3.63, 3.8) is 0 Å². The first-order valence-electron chi connectivity index (χ1n) is 9.64. The van der Waals surface area contributed by atoms with Gasteiger partial charge >= 0.3 is 0 Å². The van der Waals surface area contributed by atoms with Crippen molar-refractivity contribution in [3.05, 3.63) is 11.7 Å². The first-order valence-corrected chi connectivity index (χ1v) is 9.64. The molecule has 3 atom stereocenters. The number of fused-ring (bicyclic) bond motifs is 1. The monoisotopic (exact) mass is 348 g/mol. The van der Waals surface area contributed by atoms with Crippen molar-refractivity contribution in [1.29, 1.82) is 0 Å². The number of ether oxygens (including phenoxy) is 1. The number of nitrogens with zero attached hydrogens (tertiary/aromatic N) is 4. The summed E-state index contributed by atoms with van der Waals surface area (Å²) in [6.07, 6.45) is 6.97. The van der Waals surface area contributed by atoms with E-state index in [0.717, 1.165) is 45.3 Å². The van der Waals surface area contributed by atoms with E-state index >= 15 is 0 Å². The molecule has 1 saturated carbocycles. The van der Waals surface area contributed by atoms with Crippen molar-refractivity contribution in [3.8, 4) is 0 Å². The number of rotatable bonds is 3. The fraction of sp³-hybridized carbons (Fsp3) is 0.833. The van der Waals surface area contributed by atoms with Gasteiger partial charge in [-0.05, 0) is 39.2 Å². The first kappa shape index (κ1) is 17.0. The molecule has 7 nitrogen and oxygen atoms in total. The molecular formula is C18H28N4O3. The van der Waals surface area contributed by atoms with Gasteiger partial charge in [-0.3, -0.25) is 9.69 Å². The van der Waals surface area contributed by atoms with E-state index in [4.69, 9.17) is 9.26 Å². The number of amides is 1. The van der Waals surface area contributed by atoms with Crippen molar-refractivity contribution < 1.29 is 14.1 Å². The largest absolute Gasteiger partial charge is 0.374 e. The van der Waals surface area contributed by atoms with E-state index in [2.05, 4.69) is 19.9 Å². The van der Waals surface area contributed by atoms with Gasteiger partial charge in [0, 0.05) is 13.1 Å². The van der Waals surface area contributed by atoms with E-state index in [0.29, 0.717) is 24.9 Å². The Bertz CT molecular complexity index is 603. The van der Waals surface area contributed by atoms with E-state index in [1.165, 1.54) is 12.8 Å². The average molecular weight is 348 g/mol. The van der Waals surface area contributed by atoms with Crippen LogP contribution in [-0.4, -0.2) is 70.8 Å². The molecule has 2 saturated heterocycles. The number of hydrogen-bond donors (Lipinski definition) is 0. The predicted molar refractivity (Wildman–Crippen MR) is 91.2 cm³/mol. The van der Waals surface area contributed by atoms with Crippen molar-refractivity contribution >= 4 is 5.91 Å². The minimum absolute atomic E-state index is 0.245. The molecule has 0 N–H and O–H groups in total. The second-order valence-corrected chi connectivity index (χ2v) is 7.60. The molecule has 0 aromatic carbocycles. The van der Waals surface area contributed by atoms with Crippen LogP contribution in [0.5, 0.6) is 0 Å². The highest BCUT2D eigenvalue weighted by atomic mass is 16.5. The van der Waals surface area contributed by atoms with Crippen LogP contribution >= 0.6 is 0 Å². The molecule has 0 unspecified atom stereocenters. The molecule has 0 bridgehead atoms. The number of hydrogen-bond acceptors (Lipinski definition) is 6. The Kier molecular flexibility index (Phi) is 5.03. The Labute approximate surface area is 148 Å². The molecule has 1 aliphatic carbocycles. The molecule has 7 heteroatoms. The first-order chi connectivity index (χ1) is 12.2. The van der Waals surface area contributed by atoms with Crippen LogP contribution < -0.4 is 0 Å². The van der Waals surface area contributed by atoms with Crippen molar-refractivity contribution in [2.45, 2.75) is 63.5 Å². The van der Waals surface area contributed by atoms with Crippen molar-refractivity contribution in [2.75, 3.05) is 32.8 Å². The molecule has 3 aliphatic rings. The molecule has 1 amide bonds. The van der Waals surface area contributed by atoms with Crippen LogP contribution in [0.15, 0.2) is 4.52 Å². The van der Waals surface area contributed by atoms with E-state index in [9.17, 15) is 4.79 Å². The summed E-state index contributed by atoms with van der Waals surface area (Å²) in [6, 6.07) is 0.286. The fourth-order valence-electron chi connectivity index (χ4n) is 4.57. The maximum atomic E-state index is 12.9. The maximum absolute atomic E-state index is 12.9. The van der Waals surface area contributed by atoms with Gasteiger partial charge in [-0.1, -0.05) is 18.0 Å². The predicted octanol–water partition coefficient (Wildman–Crippen LogP) is 1.73. The molecule has 0 radical (unpaired) electrons. The lowest BCUT2D eigenvalue weighted by atomic mass is 9.90. The topological polar surface area (TPSA) is 71.7 Å². The van der Waals surface area contributed by atoms with Gasteiger partial charge in [0.05, 0.1) is 31.2 Å². The second-order valence-electron chi connectivity index (χ2n) is 7.60. The lowest BCUT2D eigenvalue weighted by Crippen LogP contribution is -2.57. The molecule has 1 aromatic heterocycles. The molecule has 0 spiro atoms. The Morgan fingerprint density at radius 1 is 1.20 bits per heavy atom. The Balaban J connectivity index is 1.36. The molecule has 138 valence electrons. The van der Waals surface area contributed by atoms with E-state index in [1.807, 2.05) is 6.92 Å². The van der Waals surface area contributed by atoms with E-state index in [-0.39, 0.29) is 24.0 Å². The van der Waals surface area contributed by atoms with Crippen LogP contribution in [0, 0.1) is 6.92 Å². The number of aromatic nitrogens is 2. The summed E-state index contributed by atoms with van der Waals surface area (Å²) in [5.41, 5.74) is 0. The minimum Gasteiger partial charge on any atom is -0.374 e. The lowest BCUT2D eigenvalue weighted by Gasteiger charge is -2.44. The Hall–Kier alpha value is -1.47. The van der Waals surface area contributed by atoms with Gasteiger partial charge in [-0.15, -0.1) is 0 Å². The van der Waals surface area contributed by atoms with Gasteiger partial charge in [-0.2, -0.15) is 4.98 Å². The molecular weight excluding hydrogens is 320 g/mol. The summed E-state index contributed by atoms with van der Waals surface area (Å²) >= 11 is 0. The zero-order valence-electron chi connectivity index (χ0n) is 15.0. The van der Waals surface area contributed by atoms with Gasteiger partial charge in [0.1, 0.15) is 0 Å². The normalized spacial score (nSPS) is 30.9. The SMILES string of the molecule is Cc1noc([C@@H]2CCCN(CC(=O)N3CCO[C@H]4CCCC[C@@H]43)C2)n1. The van der Waals surface area contributed by atoms with Crippen molar-refractivity contribution in [2.24, 2.45) is 0 Å². The molecule has 4 rings (SSSR count). The lowest BCUT2D eigenvalue weighted by molar-refractivity contribution is -0.150. The standard InChI is InChI=1S/C18H28N4O3/c1-13-19-18(25-20-13)14-5-4-8-21(11-14)12-17(23)22-9-10-24-16-7-3-2-6-15(16)22/h14-16H,2-12H2,1H3/t14-,15+,16+/m1/s1. The molecule has 25 heavy (non-hydrogen) atoms. The number of aryl methyl sites for hydroxylation is 1. The van der Waals surface area contributed by atoms with Gasteiger partial charge in [-0.25, -0.2) is 0 Å². The third kappa shape index (κ3) is 3.72. The van der Waals surface area contributed by atoms with Gasteiger partial charge in [0.2, 0.25) is 11.8 Å². The number of morpholine rings is 1. The molecule has 2 aliphatic heterocycles. The highest BCUT2D eigenvalue weighted by Crippen LogP contribution is 2.29. The van der Waals surface area contributed by atoms with Crippen LogP contribution in [0.3, 0.4) is 0 Å². The van der Waals surface area contributed by atoms with Gasteiger partial charge in [0.15, 0.2) is 5.82 Å². The smallest absolute Gasteiger partial charge is 0.237 e. The summed E-state index contributed by atoms with van der Waals surface area (Å²) in [5.74, 6) is 1.89. The third-order valence-electron chi connectivity index (χ3n) is 5.81. The zero-order valence-corrected chi connectivity index (χ0v) is 15.0. The molecule has 3 fully saturated rings. The summed E-state index contributed by atoms with van der Waals surface area (Å²) in [7, 11) is 0. The number of carbonyl (C=O) groups is 1. The fourth-order valence-corrected chi connectivity index (χ4v) is 4.57.